The summed E-state index contributed by atoms with van der Waals surface area (Å²) >= 11 is 6.03. The molecule has 1 N–H and O–H groups in total. The molecule has 114 valence electrons. The van der Waals surface area contributed by atoms with Crippen molar-refractivity contribution in [3.63, 3.8) is 0 Å². The number of imidazole rings is 1. The average molecular weight is 327 g/mol. The van der Waals surface area contributed by atoms with E-state index in [4.69, 9.17) is 16.3 Å². The summed E-state index contributed by atoms with van der Waals surface area (Å²) in [7, 11) is 1.31. The van der Waals surface area contributed by atoms with Crippen LogP contribution in [0.4, 0.5) is 0 Å². The summed E-state index contributed by atoms with van der Waals surface area (Å²) in [6.45, 7) is 0. The number of carbonyl (C=O) groups excluding carboxylic acids is 1. The Morgan fingerprint density at radius 3 is 2.74 bits per heavy atom. The average Bonchev–Trinajstić information content (AvgIpc) is 2.94. The first-order valence-electron chi connectivity index (χ1n) is 6.95. The van der Waals surface area contributed by atoms with E-state index in [-0.39, 0.29) is 5.56 Å². The van der Waals surface area contributed by atoms with Crippen molar-refractivity contribution in [1.29, 1.82) is 0 Å². The highest BCUT2D eigenvalue weighted by atomic mass is 35.5. The third-order valence-corrected chi connectivity index (χ3v) is 4.17. The van der Waals surface area contributed by atoms with E-state index in [1.165, 1.54) is 11.5 Å². The van der Waals surface area contributed by atoms with Crippen molar-refractivity contribution in [1.82, 2.24) is 9.38 Å². The summed E-state index contributed by atoms with van der Waals surface area (Å²) < 4.78 is 6.40. The zero-order chi connectivity index (χ0) is 16.1. The maximum atomic E-state index is 12.9. The Balaban J connectivity index is 2.37. The monoisotopic (exact) mass is 326 g/mol. The number of para-hydroxylation sites is 2. The Kier molecular flexibility index (Phi) is 2.92. The largest absolute Gasteiger partial charge is 0.465 e. The number of halogens is 1. The van der Waals surface area contributed by atoms with Crippen LogP contribution >= 0.6 is 11.6 Å². The molecule has 0 amide bonds. The molecule has 0 aliphatic carbocycles. The van der Waals surface area contributed by atoms with Crippen molar-refractivity contribution in [2.24, 2.45) is 0 Å². The first-order chi connectivity index (χ1) is 11.1. The first-order valence-corrected chi connectivity index (χ1v) is 7.32. The molecule has 0 fully saturated rings. The van der Waals surface area contributed by atoms with E-state index in [2.05, 4.69) is 4.98 Å². The van der Waals surface area contributed by atoms with Gasteiger partial charge in [-0.05, 0) is 24.3 Å². The fraction of sp³-hybridized carbons (Fsp3) is 0.0588. The van der Waals surface area contributed by atoms with Gasteiger partial charge >= 0.3 is 5.97 Å². The number of hydrogen-bond acceptors (Lipinski definition) is 3. The quantitative estimate of drug-likeness (QED) is 0.545. The lowest BCUT2D eigenvalue weighted by Gasteiger charge is -2.07. The Bertz CT molecular complexity index is 1160. The maximum absolute atomic E-state index is 12.9. The molecule has 0 saturated carbocycles. The van der Waals surface area contributed by atoms with Gasteiger partial charge < -0.3 is 9.72 Å². The second-order valence-electron chi connectivity index (χ2n) is 5.19. The maximum Gasteiger partial charge on any atom is 0.342 e. The molecular weight excluding hydrogens is 316 g/mol. The number of nitrogens with one attached hydrogen (secondary N) is 1. The van der Waals surface area contributed by atoms with Crippen molar-refractivity contribution in [2.45, 2.75) is 0 Å². The minimum Gasteiger partial charge on any atom is -0.465 e. The Morgan fingerprint density at radius 2 is 1.96 bits per heavy atom. The number of nitrogens with zero attached hydrogens (tertiary/aromatic N) is 1. The van der Waals surface area contributed by atoms with Crippen molar-refractivity contribution in [2.75, 3.05) is 7.11 Å². The van der Waals surface area contributed by atoms with Crippen molar-refractivity contribution >= 4 is 45.0 Å². The van der Waals surface area contributed by atoms with Crippen LogP contribution in [0.5, 0.6) is 0 Å². The van der Waals surface area contributed by atoms with E-state index in [9.17, 15) is 9.59 Å². The van der Waals surface area contributed by atoms with Gasteiger partial charge in [-0.1, -0.05) is 29.8 Å². The number of benzene rings is 2. The molecule has 0 saturated heterocycles. The van der Waals surface area contributed by atoms with Gasteiger partial charge in [-0.25, -0.2) is 4.79 Å². The van der Waals surface area contributed by atoms with E-state index in [0.29, 0.717) is 32.5 Å². The molecule has 0 aliphatic heterocycles. The van der Waals surface area contributed by atoms with Crippen LogP contribution in [0.3, 0.4) is 0 Å². The molecule has 0 radical (unpaired) electrons. The van der Waals surface area contributed by atoms with Crippen LogP contribution in [0, 0.1) is 0 Å². The molecule has 4 rings (SSSR count). The number of methoxy groups -OCH3 is 1. The Morgan fingerprint density at radius 1 is 1.17 bits per heavy atom. The molecule has 0 aliphatic rings. The smallest absolute Gasteiger partial charge is 0.342 e. The number of rotatable bonds is 1. The number of esters is 1. The molecule has 5 nitrogen and oxygen atoms in total. The van der Waals surface area contributed by atoms with Gasteiger partial charge in [0.25, 0.3) is 5.56 Å². The first kappa shape index (κ1) is 13.8. The standard InChI is InChI=1S/C17H11ClN2O3/c1-23-17(22)14-10-7-6-9(18)8-11(10)16(21)20-13-5-3-2-4-12(13)19-15(14)20/h2-8,19H,1H3. The van der Waals surface area contributed by atoms with Gasteiger partial charge in [-0.15, -0.1) is 0 Å². The highest BCUT2D eigenvalue weighted by Gasteiger charge is 2.21. The molecule has 6 heteroatoms. The number of H-pyrrole nitrogens is 1. The normalized spacial score (nSPS) is 11.4. The van der Waals surface area contributed by atoms with Gasteiger partial charge in [0, 0.05) is 10.4 Å². The summed E-state index contributed by atoms with van der Waals surface area (Å²) in [4.78, 5) is 28.4. The van der Waals surface area contributed by atoms with E-state index >= 15 is 0 Å². The lowest BCUT2D eigenvalue weighted by Crippen LogP contribution is -2.17. The van der Waals surface area contributed by atoms with Gasteiger partial charge in [0.2, 0.25) is 0 Å². The number of pyridine rings is 1. The fourth-order valence-electron chi connectivity index (χ4n) is 2.93. The van der Waals surface area contributed by atoms with E-state index in [1.807, 2.05) is 24.3 Å². The number of fused-ring (bicyclic) bond motifs is 4. The minimum absolute atomic E-state index is 0.234. The lowest BCUT2D eigenvalue weighted by molar-refractivity contribution is 0.0604. The Labute approximate surface area is 135 Å². The van der Waals surface area contributed by atoms with Crippen LogP contribution in [0.25, 0.3) is 27.5 Å². The van der Waals surface area contributed by atoms with Crippen molar-refractivity contribution < 1.29 is 9.53 Å². The molecule has 0 spiro atoms. The van der Waals surface area contributed by atoms with Crippen molar-refractivity contribution in [3.8, 4) is 0 Å². The van der Waals surface area contributed by atoms with Crippen LogP contribution in [0.1, 0.15) is 10.4 Å². The minimum atomic E-state index is -0.513. The van der Waals surface area contributed by atoms with Gasteiger partial charge in [0.1, 0.15) is 11.2 Å². The molecule has 23 heavy (non-hydrogen) atoms. The van der Waals surface area contributed by atoms with E-state index < -0.39 is 5.97 Å². The number of carbonyl (C=O) groups is 1. The summed E-state index contributed by atoms with van der Waals surface area (Å²) in [5.74, 6) is -0.513. The molecule has 0 bridgehead atoms. The number of ether oxygens (including phenoxy) is 1. The predicted molar refractivity (Wildman–Crippen MR) is 89.4 cm³/mol. The molecule has 0 unspecified atom stereocenters. The summed E-state index contributed by atoms with van der Waals surface area (Å²) in [5.41, 5.74) is 1.95. The van der Waals surface area contributed by atoms with Crippen LogP contribution in [-0.2, 0) is 4.74 Å². The van der Waals surface area contributed by atoms with Crippen LogP contribution in [0.2, 0.25) is 5.02 Å². The molecular formula is C17H11ClN2O3. The van der Waals surface area contributed by atoms with Crippen molar-refractivity contribution in [3.05, 3.63) is 63.4 Å². The zero-order valence-corrected chi connectivity index (χ0v) is 12.8. The van der Waals surface area contributed by atoms with Crippen LogP contribution < -0.4 is 5.56 Å². The lowest BCUT2D eigenvalue weighted by atomic mass is 10.1. The molecule has 2 aromatic heterocycles. The number of aromatic nitrogens is 2. The summed E-state index contributed by atoms with van der Waals surface area (Å²) in [5, 5.41) is 1.32. The van der Waals surface area contributed by atoms with Gasteiger partial charge in [-0.3, -0.25) is 9.20 Å². The fourth-order valence-corrected chi connectivity index (χ4v) is 3.10. The summed E-state index contributed by atoms with van der Waals surface area (Å²) in [6.07, 6.45) is 0. The number of aromatic amines is 1. The highest BCUT2D eigenvalue weighted by molar-refractivity contribution is 6.31. The molecule has 4 aromatic rings. The van der Waals surface area contributed by atoms with Crippen LogP contribution in [0.15, 0.2) is 47.3 Å². The second-order valence-corrected chi connectivity index (χ2v) is 5.62. The zero-order valence-electron chi connectivity index (χ0n) is 12.1. The van der Waals surface area contributed by atoms with E-state index in [1.54, 1.807) is 18.2 Å². The SMILES string of the molecule is COC(=O)c1c2ccc(Cl)cc2c(=O)n2c1[nH]c1ccccc12. The second kappa shape index (κ2) is 4.86. The predicted octanol–water partition coefficient (Wildman–Crippen LogP) is 3.37. The van der Waals surface area contributed by atoms with Gasteiger partial charge in [0.05, 0.1) is 23.5 Å². The third-order valence-electron chi connectivity index (χ3n) is 3.93. The van der Waals surface area contributed by atoms with Gasteiger partial charge in [-0.2, -0.15) is 0 Å². The molecule has 0 atom stereocenters. The van der Waals surface area contributed by atoms with Gasteiger partial charge in [0.15, 0.2) is 0 Å². The molecule has 2 heterocycles. The third kappa shape index (κ3) is 1.87. The van der Waals surface area contributed by atoms with Crippen LogP contribution in [-0.4, -0.2) is 22.5 Å². The number of hydrogen-bond donors (Lipinski definition) is 1. The van der Waals surface area contributed by atoms with E-state index in [0.717, 1.165) is 5.52 Å². The molecule has 2 aromatic carbocycles. The Hall–Kier alpha value is -2.79. The topological polar surface area (TPSA) is 63.6 Å². The summed E-state index contributed by atoms with van der Waals surface area (Å²) in [6, 6.07) is 12.2. The highest BCUT2D eigenvalue weighted by Crippen LogP contribution is 2.26.